The van der Waals surface area contributed by atoms with Crippen LogP contribution < -0.4 is 4.72 Å². The number of nitrogens with zero attached hydrogens (tertiary/aromatic N) is 1. The van der Waals surface area contributed by atoms with Gasteiger partial charge in [-0.2, -0.15) is 0 Å². The summed E-state index contributed by atoms with van der Waals surface area (Å²) in [5, 5.41) is 12.0. The van der Waals surface area contributed by atoms with Crippen LogP contribution >= 0.6 is 0 Å². The topological polar surface area (TPSA) is 86.7 Å². The molecule has 0 bridgehead atoms. The molecule has 1 aliphatic heterocycles. The van der Waals surface area contributed by atoms with Crippen LogP contribution in [-0.2, 0) is 15.6 Å². The second-order valence-electron chi connectivity index (χ2n) is 8.52. The molecule has 1 saturated heterocycles. The van der Waals surface area contributed by atoms with Crippen molar-refractivity contribution in [1.29, 1.82) is 0 Å². The van der Waals surface area contributed by atoms with Crippen molar-refractivity contribution in [2.45, 2.75) is 18.4 Å². The Hall–Kier alpha value is -3.16. The molecule has 0 radical (unpaired) electrons. The fourth-order valence-corrected chi connectivity index (χ4v) is 5.19. The van der Waals surface area contributed by atoms with E-state index >= 15 is 0 Å². The number of sulfonamides is 1. The average Bonchev–Trinajstić information content (AvgIpc) is 2.83. The zero-order chi connectivity index (χ0) is 23.5. The number of nitrogens with one attached hydrogen (secondary N) is 1. The van der Waals surface area contributed by atoms with Crippen LogP contribution in [0.4, 0.5) is 5.69 Å². The van der Waals surface area contributed by atoms with Crippen LogP contribution in [0.25, 0.3) is 0 Å². The fraction of sp³-hybridized carbons (Fsp3) is 0.269. The fourth-order valence-electron chi connectivity index (χ4n) is 4.64. The maximum atomic E-state index is 13.1. The van der Waals surface area contributed by atoms with Crippen molar-refractivity contribution in [3.05, 3.63) is 102 Å². The maximum Gasteiger partial charge on any atom is 0.253 e. The van der Waals surface area contributed by atoms with Crippen LogP contribution in [0.2, 0.25) is 0 Å². The van der Waals surface area contributed by atoms with Crippen molar-refractivity contribution in [3.8, 4) is 0 Å². The molecule has 3 aromatic rings. The van der Waals surface area contributed by atoms with Gasteiger partial charge in [0.25, 0.3) is 5.91 Å². The van der Waals surface area contributed by atoms with E-state index in [0.29, 0.717) is 37.2 Å². The lowest BCUT2D eigenvalue weighted by molar-refractivity contribution is -0.0122. The lowest BCUT2D eigenvalue weighted by Crippen LogP contribution is -2.46. The molecule has 1 aliphatic rings. The normalized spacial score (nSPS) is 15.3. The molecule has 0 saturated carbocycles. The predicted molar refractivity (Wildman–Crippen MR) is 129 cm³/mol. The Morgan fingerprint density at radius 2 is 1.45 bits per heavy atom. The molecular weight excluding hydrogens is 436 g/mol. The summed E-state index contributed by atoms with van der Waals surface area (Å²) in [7, 11) is -3.42. The highest BCUT2D eigenvalue weighted by molar-refractivity contribution is 7.92. The van der Waals surface area contributed by atoms with Crippen LogP contribution in [0.3, 0.4) is 0 Å². The summed E-state index contributed by atoms with van der Waals surface area (Å²) < 4.78 is 25.4. The van der Waals surface area contributed by atoms with Gasteiger partial charge in [-0.05, 0) is 48.1 Å². The van der Waals surface area contributed by atoms with Gasteiger partial charge in [0, 0.05) is 24.3 Å². The second kappa shape index (κ2) is 9.37. The van der Waals surface area contributed by atoms with Crippen LogP contribution in [0.15, 0.2) is 84.9 Å². The highest BCUT2D eigenvalue weighted by Gasteiger charge is 2.42. The minimum absolute atomic E-state index is 0.0513. The predicted octanol–water partition coefficient (Wildman–Crippen LogP) is 3.85. The van der Waals surface area contributed by atoms with Crippen molar-refractivity contribution >= 4 is 21.6 Å². The Morgan fingerprint density at radius 3 is 1.97 bits per heavy atom. The average molecular weight is 465 g/mol. The number of amides is 1. The van der Waals surface area contributed by atoms with E-state index in [1.54, 1.807) is 29.2 Å². The summed E-state index contributed by atoms with van der Waals surface area (Å²) in [5.41, 5.74) is 1.35. The zero-order valence-corrected chi connectivity index (χ0v) is 19.3. The summed E-state index contributed by atoms with van der Waals surface area (Å²) in [6.45, 7) is 1.02. The van der Waals surface area contributed by atoms with Crippen LogP contribution in [0.1, 0.15) is 34.3 Å². The first-order valence-corrected chi connectivity index (χ1v) is 12.9. The Bertz CT molecular complexity index is 1170. The number of piperidine rings is 1. The molecule has 0 unspecified atom stereocenters. The number of carbonyl (C=O) groups excluding carboxylic acids is 1. The van der Waals surface area contributed by atoms with Crippen molar-refractivity contribution in [3.63, 3.8) is 0 Å². The monoisotopic (exact) mass is 464 g/mol. The van der Waals surface area contributed by atoms with E-state index in [0.717, 1.165) is 17.4 Å². The summed E-state index contributed by atoms with van der Waals surface area (Å²) in [6, 6.07) is 25.9. The van der Waals surface area contributed by atoms with Crippen LogP contribution in [0.5, 0.6) is 0 Å². The van der Waals surface area contributed by atoms with Gasteiger partial charge >= 0.3 is 0 Å². The van der Waals surface area contributed by atoms with Crippen LogP contribution in [0, 0.1) is 5.92 Å². The summed E-state index contributed by atoms with van der Waals surface area (Å²) >= 11 is 0. The first-order valence-electron chi connectivity index (χ1n) is 11.0. The molecule has 2 N–H and O–H groups in total. The van der Waals surface area contributed by atoms with Crippen molar-refractivity contribution in [2.75, 3.05) is 24.1 Å². The molecule has 0 aromatic heterocycles. The number of aliphatic hydroxyl groups is 1. The molecule has 172 valence electrons. The van der Waals surface area contributed by atoms with E-state index in [1.807, 2.05) is 60.7 Å². The molecule has 1 fully saturated rings. The molecule has 0 aliphatic carbocycles. The number of benzene rings is 3. The van der Waals surface area contributed by atoms with Gasteiger partial charge in [-0.1, -0.05) is 66.7 Å². The Kier molecular flexibility index (Phi) is 6.54. The molecule has 3 aromatic carbocycles. The van der Waals surface area contributed by atoms with Gasteiger partial charge in [-0.3, -0.25) is 9.52 Å². The van der Waals surface area contributed by atoms with Crippen LogP contribution in [-0.4, -0.2) is 43.7 Å². The minimum Gasteiger partial charge on any atom is -0.380 e. The highest BCUT2D eigenvalue weighted by Crippen LogP contribution is 2.42. The number of anilines is 1. The van der Waals surface area contributed by atoms with E-state index in [-0.39, 0.29) is 11.8 Å². The summed E-state index contributed by atoms with van der Waals surface area (Å²) in [6.07, 6.45) is 2.37. The van der Waals surface area contributed by atoms with Gasteiger partial charge in [0.1, 0.15) is 5.60 Å². The van der Waals surface area contributed by atoms with Gasteiger partial charge in [-0.25, -0.2) is 8.42 Å². The molecule has 0 atom stereocenters. The largest absolute Gasteiger partial charge is 0.380 e. The summed E-state index contributed by atoms with van der Waals surface area (Å²) in [4.78, 5) is 14.9. The standard InChI is InChI=1S/C26H28N2O4S/c1-33(31,32)27-24-14-8-9-20(19-24)25(29)28-17-15-23(16-18-28)26(30,21-10-4-2-5-11-21)22-12-6-3-7-13-22/h2-14,19,23,27,30H,15-18H2,1H3. The van der Waals surface area contributed by atoms with Gasteiger partial charge in [0.15, 0.2) is 0 Å². The van der Waals surface area contributed by atoms with E-state index < -0.39 is 15.6 Å². The lowest BCUT2D eigenvalue weighted by Gasteiger charge is -2.42. The first kappa shape index (κ1) is 23.0. The Balaban J connectivity index is 1.53. The third-order valence-electron chi connectivity index (χ3n) is 6.21. The number of rotatable bonds is 6. The molecule has 4 rings (SSSR count). The van der Waals surface area contributed by atoms with Crippen molar-refractivity contribution < 1.29 is 18.3 Å². The molecule has 1 heterocycles. The molecule has 1 amide bonds. The van der Waals surface area contributed by atoms with Gasteiger partial charge in [0.05, 0.1) is 6.26 Å². The smallest absolute Gasteiger partial charge is 0.253 e. The van der Waals surface area contributed by atoms with Gasteiger partial charge < -0.3 is 10.0 Å². The second-order valence-corrected chi connectivity index (χ2v) is 10.3. The quantitative estimate of drug-likeness (QED) is 0.580. The van der Waals surface area contributed by atoms with E-state index in [9.17, 15) is 18.3 Å². The molecule has 33 heavy (non-hydrogen) atoms. The third-order valence-corrected chi connectivity index (χ3v) is 6.82. The molecular formula is C26H28N2O4S. The highest BCUT2D eigenvalue weighted by atomic mass is 32.2. The van der Waals surface area contributed by atoms with Crippen molar-refractivity contribution in [2.24, 2.45) is 5.92 Å². The molecule has 7 heteroatoms. The zero-order valence-electron chi connectivity index (χ0n) is 18.5. The number of hydrogen-bond acceptors (Lipinski definition) is 4. The number of carbonyl (C=O) groups is 1. The van der Waals surface area contributed by atoms with Gasteiger partial charge in [-0.15, -0.1) is 0 Å². The number of hydrogen-bond donors (Lipinski definition) is 2. The van der Waals surface area contributed by atoms with E-state index in [2.05, 4.69) is 4.72 Å². The Labute approximate surface area is 194 Å². The Morgan fingerprint density at radius 1 is 0.909 bits per heavy atom. The van der Waals surface area contributed by atoms with E-state index in [4.69, 9.17) is 0 Å². The first-order chi connectivity index (χ1) is 15.8. The number of likely N-dealkylation sites (tertiary alicyclic amines) is 1. The molecule has 6 nitrogen and oxygen atoms in total. The maximum absolute atomic E-state index is 13.1. The minimum atomic E-state index is -3.42. The SMILES string of the molecule is CS(=O)(=O)Nc1cccc(C(=O)N2CCC(C(O)(c3ccccc3)c3ccccc3)CC2)c1. The third kappa shape index (κ3) is 5.10. The van der Waals surface area contributed by atoms with Gasteiger partial charge in [0.2, 0.25) is 10.0 Å². The lowest BCUT2D eigenvalue weighted by atomic mass is 9.72. The summed E-state index contributed by atoms with van der Waals surface area (Å²) in [5.74, 6) is -0.196. The van der Waals surface area contributed by atoms with E-state index in [1.165, 1.54) is 0 Å². The van der Waals surface area contributed by atoms with Crippen molar-refractivity contribution in [1.82, 2.24) is 4.90 Å². The molecule has 0 spiro atoms.